The van der Waals surface area contributed by atoms with Gasteiger partial charge in [-0.15, -0.1) is 24.8 Å². The molecule has 7 heteroatoms. The van der Waals surface area contributed by atoms with Crippen molar-refractivity contribution in [1.29, 1.82) is 0 Å². The van der Waals surface area contributed by atoms with Gasteiger partial charge in [-0.25, -0.2) is 4.98 Å². The van der Waals surface area contributed by atoms with E-state index in [0.717, 1.165) is 54.5 Å². The van der Waals surface area contributed by atoms with E-state index in [1.165, 1.54) is 16.7 Å². The van der Waals surface area contributed by atoms with Crippen LogP contribution in [0, 0.1) is 0 Å². The van der Waals surface area contributed by atoms with Gasteiger partial charge in [0, 0.05) is 38.1 Å². The summed E-state index contributed by atoms with van der Waals surface area (Å²) in [5, 5.41) is 8.36. The van der Waals surface area contributed by atoms with Crippen molar-refractivity contribution < 1.29 is 0 Å². The van der Waals surface area contributed by atoms with Crippen molar-refractivity contribution in [3.63, 3.8) is 0 Å². The van der Waals surface area contributed by atoms with Crippen LogP contribution in [0.3, 0.4) is 0 Å². The molecule has 4 rings (SSSR count). The molecule has 2 heterocycles. The molecule has 2 aromatic carbocycles. The van der Waals surface area contributed by atoms with Crippen LogP contribution in [-0.4, -0.2) is 38.2 Å². The Morgan fingerprint density at radius 1 is 1.04 bits per heavy atom. The van der Waals surface area contributed by atoms with Crippen LogP contribution >= 0.6 is 36.4 Å². The molecule has 0 saturated carbocycles. The molecule has 2 N–H and O–H groups in total. The summed E-state index contributed by atoms with van der Waals surface area (Å²) in [5.41, 5.74) is 4.65. The minimum absolute atomic E-state index is 0. The van der Waals surface area contributed by atoms with Gasteiger partial charge >= 0.3 is 0 Å². The average Bonchev–Trinajstić information content (AvgIpc) is 2.68. The number of anilines is 1. The first kappa shape index (κ1) is 22.7. The molecule has 0 bridgehead atoms. The number of nitrogens with one attached hydrogen (secondary N) is 2. The predicted octanol–water partition coefficient (Wildman–Crippen LogP) is 4.53. The number of benzene rings is 2. The minimum atomic E-state index is 0. The third kappa shape index (κ3) is 4.88. The highest BCUT2D eigenvalue weighted by Gasteiger charge is 2.16. The van der Waals surface area contributed by atoms with Crippen molar-refractivity contribution in [3.05, 3.63) is 59.1 Å². The fourth-order valence-electron chi connectivity index (χ4n) is 3.48. The molecule has 0 aliphatic carbocycles. The zero-order chi connectivity index (χ0) is 17.9. The summed E-state index contributed by atoms with van der Waals surface area (Å²) in [4.78, 5) is 7.09. The lowest BCUT2D eigenvalue weighted by molar-refractivity contribution is 0.585. The maximum Gasteiger partial charge on any atom is 0.148 e. The monoisotopic (exact) mass is 438 g/mol. The third-order valence-electron chi connectivity index (χ3n) is 4.81. The number of hydrogen-bond acceptors (Lipinski definition) is 4. The maximum absolute atomic E-state index is 6.57. The van der Waals surface area contributed by atoms with Gasteiger partial charge in [0.15, 0.2) is 0 Å². The molecule has 0 unspecified atom stereocenters. The normalized spacial score (nSPS) is 13.7. The number of nitrogens with zero attached hydrogens (tertiary/aromatic N) is 2. The molecular formula is C21H25Cl3N4. The van der Waals surface area contributed by atoms with Gasteiger partial charge < -0.3 is 15.5 Å². The zero-order valence-corrected chi connectivity index (χ0v) is 18.1. The number of pyridine rings is 1. The van der Waals surface area contributed by atoms with Crippen LogP contribution in [0.25, 0.3) is 22.0 Å². The van der Waals surface area contributed by atoms with Gasteiger partial charge in [0.05, 0.1) is 10.5 Å². The van der Waals surface area contributed by atoms with E-state index in [1.54, 1.807) is 0 Å². The van der Waals surface area contributed by atoms with Crippen molar-refractivity contribution in [1.82, 2.24) is 15.6 Å². The largest absolute Gasteiger partial charge is 0.353 e. The average molecular weight is 440 g/mol. The molecule has 0 radical (unpaired) electrons. The Balaban J connectivity index is 0.00000140. The van der Waals surface area contributed by atoms with Crippen LogP contribution in [0.2, 0.25) is 5.02 Å². The lowest BCUT2D eigenvalue weighted by atomic mass is 10.0. The molecule has 1 aliphatic heterocycles. The van der Waals surface area contributed by atoms with Gasteiger partial charge in [-0.05, 0) is 48.0 Å². The lowest BCUT2D eigenvalue weighted by Gasteiger charge is -2.29. The Labute approximate surface area is 183 Å². The summed E-state index contributed by atoms with van der Waals surface area (Å²) < 4.78 is 0. The Kier molecular flexibility index (Phi) is 8.35. The molecule has 1 aliphatic rings. The number of fused-ring (bicyclic) bond motifs is 1. The highest BCUT2D eigenvalue weighted by atomic mass is 35.5. The quantitative estimate of drug-likeness (QED) is 0.627. The molecular weight excluding hydrogens is 415 g/mol. The molecule has 28 heavy (non-hydrogen) atoms. The Morgan fingerprint density at radius 3 is 2.54 bits per heavy atom. The molecule has 1 fully saturated rings. The summed E-state index contributed by atoms with van der Waals surface area (Å²) in [7, 11) is 1.96. The van der Waals surface area contributed by atoms with Gasteiger partial charge in [0.25, 0.3) is 0 Å². The second-order valence-corrected chi connectivity index (χ2v) is 7.08. The summed E-state index contributed by atoms with van der Waals surface area (Å²) in [6.07, 6.45) is 0. The molecule has 150 valence electrons. The highest BCUT2D eigenvalue weighted by Crippen LogP contribution is 2.31. The minimum Gasteiger partial charge on any atom is -0.353 e. The van der Waals surface area contributed by atoms with Crippen LogP contribution in [0.15, 0.2) is 48.5 Å². The lowest BCUT2D eigenvalue weighted by Crippen LogP contribution is -2.44. The van der Waals surface area contributed by atoms with Crippen molar-refractivity contribution in [2.24, 2.45) is 0 Å². The molecule has 4 nitrogen and oxygen atoms in total. The molecule has 1 aromatic heterocycles. The standard InChI is InChI=1S/C21H23ClN4.2ClH/c1-23-14-15-3-2-4-16(11-15)17-5-6-20-18(12-17)13-19(22)21(25-20)26-9-7-24-8-10-26;;/h2-6,11-13,23-24H,7-10,14H2,1H3;2*1H. The van der Waals surface area contributed by atoms with Gasteiger partial charge in [-0.3, -0.25) is 0 Å². The van der Waals surface area contributed by atoms with E-state index in [1.807, 2.05) is 13.1 Å². The molecule has 0 atom stereocenters. The second kappa shape index (κ2) is 10.3. The number of halogens is 3. The summed E-state index contributed by atoms with van der Waals surface area (Å²) in [6.45, 7) is 4.68. The molecule has 1 saturated heterocycles. The van der Waals surface area contributed by atoms with E-state index in [4.69, 9.17) is 16.6 Å². The number of aromatic nitrogens is 1. The SMILES string of the molecule is CNCc1cccc(-c2ccc3nc(N4CCNCC4)c(Cl)cc3c2)c1.Cl.Cl. The van der Waals surface area contributed by atoms with Gasteiger partial charge in [0.2, 0.25) is 0 Å². The van der Waals surface area contributed by atoms with Crippen molar-refractivity contribution in [2.75, 3.05) is 38.1 Å². The first-order chi connectivity index (χ1) is 12.7. The Morgan fingerprint density at radius 2 is 1.79 bits per heavy atom. The predicted molar refractivity (Wildman–Crippen MR) is 125 cm³/mol. The molecule has 0 spiro atoms. The van der Waals surface area contributed by atoms with Crippen LogP contribution in [0.5, 0.6) is 0 Å². The second-order valence-electron chi connectivity index (χ2n) is 6.67. The van der Waals surface area contributed by atoms with E-state index in [2.05, 4.69) is 58.0 Å². The van der Waals surface area contributed by atoms with E-state index >= 15 is 0 Å². The first-order valence-electron chi connectivity index (χ1n) is 9.04. The van der Waals surface area contributed by atoms with E-state index < -0.39 is 0 Å². The van der Waals surface area contributed by atoms with Crippen molar-refractivity contribution in [2.45, 2.75) is 6.54 Å². The summed E-state index contributed by atoms with van der Waals surface area (Å²) in [6, 6.07) is 17.1. The maximum atomic E-state index is 6.57. The Hall–Kier alpha value is -1.56. The smallest absolute Gasteiger partial charge is 0.148 e. The van der Waals surface area contributed by atoms with E-state index in [0.29, 0.717) is 0 Å². The number of piperazine rings is 1. The zero-order valence-electron chi connectivity index (χ0n) is 15.7. The topological polar surface area (TPSA) is 40.2 Å². The van der Waals surface area contributed by atoms with Crippen LogP contribution < -0.4 is 15.5 Å². The van der Waals surface area contributed by atoms with Crippen molar-refractivity contribution in [3.8, 4) is 11.1 Å². The highest BCUT2D eigenvalue weighted by molar-refractivity contribution is 6.33. The summed E-state index contributed by atoms with van der Waals surface area (Å²) in [5.74, 6) is 0.893. The van der Waals surface area contributed by atoms with Crippen LogP contribution in [0.1, 0.15) is 5.56 Å². The van der Waals surface area contributed by atoms with E-state index in [9.17, 15) is 0 Å². The number of rotatable bonds is 4. The van der Waals surface area contributed by atoms with Gasteiger partial charge in [-0.1, -0.05) is 35.9 Å². The third-order valence-corrected chi connectivity index (χ3v) is 5.09. The first-order valence-corrected chi connectivity index (χ1v) is 9.42. The fraction of sp³-hybridized carbons (Fsp3) is 0.286. The number of hydrogen-bond donors (Lipinski definition) is 2. The molecule has 0 amide bonds. The van der Waals surface area contributed by atoms with Crippen LogP contribution in [0.4, 0.5) is 5.82 Å². The van der Waals surface area contributed by atoms with E-state index in [-0.39, 0.29) is 24.8 Å². The molecule has 3 aromatic rings. The van der Waals surface area contributed by atoms with Crippen LogP contribution in [-0.2, 0) is 6.54 Å². The van der Waals surface area contributed by atoms with Crippen molar-refractivity contribution >= 4 is 53.1 Å². The van der Waals surface area contributed by atoms with Gasteiger partial charge in [0.1, 0.15) is 5.82 Å². The fourth-order valence-corrected chi connectivity index (χ4v) is 3.76. The summed E-state index contributed by atoms with van der Waals surface area (Å²) >= 11 is 6.57. The Bertz CT molecular complexity index is 927. The van der Waals surface area contributed by atoms with Gasteiger partial charge in [-0.2, -0.15) is 0 Å².